The molecule has 3 heterocycles. The molecule has 0 saturated carbocycles. The van der Waals surface area contributed by atoms with E-state index >= 15 is 0 Å². The van der Waals surface area contributed by atoms with Gasteiger partial charge in [0.15, 0.2) is 0 Å². The van der Waals surface area contributed by atoms with Crippen LogP contribution in [0.3, 0.4) is 0 Å². The number of likely N-dealkylation sites (N-methyl/N-ethyl adjacent to an activating group) is 1. The molecule has 2 aromatic rings. The van der Waals surface area contributed by atoms with Crippen molar-refractivity contribution in [3.63, 3.8) is 0 Å². The summed E-state index contributed by atoms with van der Waals surface area (Å²) in [5.74, 6) is -6.12. The number of benzene rings is 2. The second-order valence-corrected chi connectivity index (χ2v) is 14.5. The zero-order valence-corrected chi connectivity index (χ0v) is 32.1. The van der Waals surface area contributed by atoms with Crippen LogP contribution in [0.5, 0.6) is 0 Å². The first kappa shape index (κ1) is 41.6. The lowest BCUT2D eigenvalue weighted by Crippen LogP contribution is -2.62. The maximum absolute atomic E-state index is 14.5. The van der Waals surface area contributed by atoms with Gasteiger partial charge >= 0.3 is 12.0 Å². The number of anilines is 1. The van der Waals surface area contributed by atoms with Crippen molar-refractivity contribution < 1.29 is 47.1 Å². The fourth-order valence-electron chi connectivity index (χ4n) is 7.27. The van der Waals surface area contributed by atoms with Gasteiger partial charge in [-0.2, -0.15) is 0 Å². The first-order chi connectivity index (χ1) is 26.6. The highest BCUT2D eigenvalue weighted by atomic mass is 19.1. The normalized spacial score (nSPS) is 25.6. The fourth-order valence-corrected chi connectivity index (χ4v) is 7.27. The van der Waals surface area contributed by atoms with Crippen LogP contribution in [-0.4, -0.2) is 119 Å². The highest BCUT2D eigenvalue weighted by Crippen LogP contribution is 2.25. The van der Waals surface area contributed by atoms with Gasteiger partial charge in [-0.25, -0.2) is 18.4 Å². The second-order valence-electron chi connectivity index (χ2n) is 14.5. The molecule has 7 amide bonds. The molecule has 0 aliphatic carbocycles. The third kappa shape index (κ3) is 9.60. The Hall–Kier alpha value is -5.61. The fraction of sp³-hybridized carbons (Fsp3) is 0.513. The smallest absolute Gasteiger partial charge is 0.329 e. The number of carbonyl (C=O) groups is 7. The highest BCUT2D eigenvalue weighted by Gasteiger charge is 2.45. The Labute approximate surface area is 323 Å². The summed E-state index contributed by atoms with van der Waals surface area (Å²) in [7, 11) is 1.41. The molecule has 3 aliphatic heterocycles. The summed E-state index contributed by atoms with van der Waals surface area (Å²) in [5.41, 5.74) is 1.44. The highest BCUT2D eigenvalue weighted by molar-refractivity contribution is 5.98. The number of aryl methyl sites for hydroxylation is 1. The van der Waals surface area contributed by atoms with Crippen LogP contribution in [0.2, 0.25) is 0 Å². The summed E-state index contributed by atoms with van der Waals surface area (Å²) in [5, 5.41) is 10.4. The van der Waals surface area contributed by atoms with E-state index in [1.54, 1.807) is 12.1 Å². The van der Waals surface area contributed by atoms with E-state index in [1.165, 1.54) is 42.5 Å². The number of rotatable bonds is 7. The summed E-state index contributed by atoms with van der Waals surface area (Å²) in [4.78, 5) is 99.9. The number of ether oxygens (including phenoxy) is 1. The van der Waals surface area contributed by atoms with Gasteiger partial charge in [0.05, 0.1) is 0 Å². The summed E-state index contributed by atoms with van der Waals surface area (Å²) >= 11 is 0. The SMILES string of the molecule is CCc1ccc(NC(=O)N[C@@H](Cc2cc(F)cc(F)c2)C(=O)N[C@@H]2C(=O)N3CCC[C@H]3C(=O)N(C)[C@@H](C)C(=O)N[C@@H](C)C(=O)N3CCCC3C(=O)O[C@H]2C)cc1. The molecule has 0 aromatic heterocycles. The summed E-state index contributed by atoms with van der Waals surface area (Å²) in [6.45, 7) is 6.63. The molecule has 56 heavy (non-hydrogen) atoms. The van der Waals surface area contributed by atoms with Gasteiger partial charge in [0.1, 0.15) is 54.0 Å². The summed E-state index contributed by atoms with van der Waals surface area (Å²) < 4.78 is 34.3. The van der Waals surface area contributed by atoms with Crippen LogP contribution < -0.4 is 21.3 Å². The van der Waals surface area contributed by atoms with Gasteiger partial charge in [-0.1, -0.05) is 19.1 Å². The third-order valence-electron chi connectivity index (χ3n) is 10.6. The van der Waals surface area contributed by atoms with Crippen LogP contribution in [0.1, 0.15) is 64.5 Å². The van der Waals surface area contributed by atoms with Crippen molar-refractivity contribution in [2.24, 2.45) is 0 Å². The first-order valence-electron chi connectivity index (χ1n) is 18.9. The molecule has 2 aromatic carbocycles. The Morgan fingerprint density at radius 3 is 2.09 bits per heavy atom. The van der Waals surface area contributed by atoms with Crippen molar-refractivity contribution in [2.45, 2.75) is 109 Å². The monoisotopic (exact) mass is 781 g/mol. The van der Waals surface area contributed by atoms with Gasteiger partial charge in [-0.15, -0.1) is 0 Å². The van der Waals surface area contributed by atoms with Crippen molar-refractivity contribution in [3.05, 3.63) is 65.2 Å². The quantitative estimate of drug-likeness (QED) is 0.308. The summed E-state index contributed by atoms with van der Waals surface area (Å²) in [6.07, 6.45) is 0.334. The topological polar surface area (TPSA) is 187 Å². The molecule has 0 bridgehead atoms. The maximum atomic E-state index is 14.5. The number of esters is 1. The van der Waals surface area contributed by atoms with Crippen molar-refractivity contribution in [1.82, 2.24) is 30.7 Å². The van der Waals surface area contributed by atoms with Crippen molar-refractivity contribution >= 4 is 47.2 Å². The first-order valence-corrected chi connectivity index (χ1v) is 18.9. The van der Waals surface area contributed by atoms with Crippen LogP contribution in [0.25, 0.3) is 0 Å². The van der Waals surface area contributed by atoms with Gasteiger partial charge in [-0.05, 0) is 88.3 Å². The molecule has 5 rings (SSSR count). The van der Waals surface area contributed by atoms with Crippen molar-refractivity contribution in [2.75, 3.05) is 25.5 Å². The number of halogens is 2. The number of urea groups is 1. The summed E-state index contributed by atoms with van der Waals surface area (Å²) in [6, 6.07) is 1.48. The van der Waals surface area contributed by atoms with E-state index < -0.39 is 102 Å². The standard InChI is InChI=1S/C39H49F2N7O8/c1-6-24-11-13-28(14-12-24)43-39(55)44-29(19-25-17-26(40)20-27(41)18-25)34(50)45-32-23(4)56-38(54)31-10-8-16-48(31)35(51)21(2)42-33(49)22(3)46(5)36(52)30-9-7-15-47(30)37(32)53/h11-14,17-18,20-23,29-32H,6-10,15-16,19H2,1-5H3,(H,42,49)(H,45,50)(H2,43,44,55)/t21-,22-,23-,29-,30-,31?,32-/m0/s1. The Kier molecular flexibility index (Phi) is 13.3. The maximum Gasteiger partial charge on any atom is 0.329 e. The zero-order chi connectivity index (χ0) is 40.8. The number of cyclic esters (lactones) is 1. The molecule has 3 aliphatic rings. The molecule has 0 radical (unpaired) electrons. The molecule has 17 heteroatoms. The number of fused-ring (bicyclic) bond motifs is 2. The molecule has 4 N–H and O–H groups in total. The number of carbonyl (C=O) groups excluding carboxylic acids is 7. The predicted octanol–water partition coefficient (Wildman–Crippen LogP) is 2.02. The van der Waals surface area contributed by atoms with Crippen LogP contribution in [0.4, 0.5) is 19.3 Å². The molecule has 7 atom stereocenters. The van der Waals surface area contributed by atoms with E-state index in [4.69, 9.17) is 4.74 Å². The van der Waals surface area contributed by atoms with Crippen molar-refractivity contribution in [1.29, 1.82) is 0 Å². The van der Waals surface area contributed by atoms with E-state index in [1.807, 2.05) is 19.1 Å². The van der Waals surface area contributed by atoms with E-state index in [9.17, 15) is 42.3 Å². The lowest BCUT2D eigenvalue weighted by Gasteiger charge is -2.36. The zero-order valence-electron chi connectivity index (χ0n) is 32.1. The van der Waals surface area contributed by atoms with Gasteiger partial charge < -0.3 is 40.7 Å². The van der Waals surface area contributed by atoms with Gasteiger partial charge in [-0.3, -0.25) is 24.0 Å². The van der Waals surface area contributed by atoms with Gasteiger partial charge in [0.25, 0.3) is 0 Å². The van der Waals surface area contributed by atoms with Crippen LogP contribution in [0, 0.1) is 11.6 Å². The molecule has 0 spiro atoms. The largest absolute Gasteiger partial charge is 0.458 e. The van der Waals surface area contributed by atoms with E-state index in [0.29, 0.717) is 24.6 Å². The van der Waals surface area contributed by atoms with E-state index in [0.717, 1.165) is 24.1 Å². The van der Waals surface area contributed by atoms with E-state index in [2.05, 4.69) is 21.3 Å². The van der Waals surface area contributed by atoms with E-state index in [-0.39, 0.29) is 31.5 Å². The molecule has 1 unspecified atom stereocenters. The number of hydrogen-bond acceptors (Lipinski definition) is 8. The Bertz CT molecular complexity index is 1830. The molecule has 3 saturated heterocycles. The van der Waals surface area contributed by atoms with Gasteiger partial charge in [0.2, 0.25) is 29.5 Å². The average Bonchev–Trinajstić information content (AvgIpc) is 3.86. The Morgan fingerprint density at radius 2 is 1.46 bits per heavy atom. The average molecular weight is 782 g/mol. The molecule has 302 valence electrons. The minimum atomic E-state index is -1.62. The van der Waals surface area contributed by atoms with Crippen molar-refractivity contribution in [3.8, 4) is 0 Å². The third-order valence-corrected chi connectivity index (χ3v) is 10.6. The number of hydrogen-bond donors (Lipinski definition) is 4. The van der Waals surface area contributed by atoms with Crippen LogP contribution >= 0.6 is 0 Å². The number of nitrogens with zero attached hydrogens (tertiary/aromatic N) is 3. The minimum absolute atomic E-state index is 0.0191. The minimum Gasteiger partial charge on any atom is -0.458 e. The lowest BCUT2D eigenvalue weighted by atomic mass is 10.0. The molecular weight excluding hydrogens is 732 g/mol. The Balaban J connectivity index is 1.48. The molecule has 3 fully saturated rings. The molecule has 15 nitrogen and oxygen atoms in total. The predicted molar refractivity (Wildman–Crippen MR) is 199 cm³/mol. The van der Waals surface area contributed by atoms with Crippen LogP contribution in [0.15, 0.2) is 42.5 Å². The molecular formula is C39H49F2N7O8. The second kappa shape index (κ2) is 17.9. The lowest BCUT2D eigenvalue weighted by molar-refractivity contribution is -0.162. The van der Waals surface area contributed by atoms with Gasteiger partial charge in [0, 0.05) is 38.3 Å². The number of amides is 7. The van der Waals surface area contributed by atoms with Crippen LogP contribution in [-0.2, 0) is 46.3 Å². The Morgan fingerprint density at radius 1 is 0.857 bits per heavy atom. The number of nitrogens with one attached hydrogen (secondary N) is 4.